The fourth-order valence-electron chi connectivity index (χ4n) is 2.28. The number of sulfone groups is 1. The molecule has 0 radical (unpaired) electrons. The Morgan fingerprint density at radius 3 is 2.58 bits per heavy atom. The molecule has 2 rings (SSSR count). The zero-order valence-corrected chi connectivity index (χ0v) is 16.0. The van der Waals surface area contributed by atoms with E-state index in [2.05, 4.69) is 5.32 Å². The standard InChI is InChI=1S/C16H19ClN2O3S2/c1-19(2)14(12-6-7-23-10-12)9-18-16(20)11-4-5-13(17)15(8-11)24(3,21)22/h4-8,10,14H,9H2,1-3H3,(H,18,20). The highest BCUT2D eigenvalue weighted by Gasteiger charge is 2.18. The Kier molecular flexibility index (Phi) is 6.03. The van der Waals surface area contributed by atoms with Crippen LogP contribution in [-0.4, -0.2) is 46.1 Å². The lowest BCUT2D eigenvalue weighted by Gasteiger charge is -2.24. The lowest BCUT2D eigenvalue weighted by Crippen LogP contribution is -2.34. The van der Waals surface area contributed by atoms with E-state index < -0.39 is 9.84 Å². The number of carbonyl (C=O) groups excluding carboxylic acids is 1. The van der Waals surface area contributed by atoms with Crippen LogP contribution in [0, 0.1) is 0 Å². The average molecular weight is 387 g/mol. The molecule has 0 bridgehead atoms. The normalized spacial score (nSPS) is 13.0. The number of halogens is 1. The highest BCUT2D eigenvalue weighted by Crippen LogP contribution is 2.23. The van der Waals surface area contributed by atoms with Crippen molar-refractivity contribution in [2.75, 3.05) is 26.9 Å². The zero-order valence-electron chi connectivity index (χ0n) is 13.6. The molecule has 0 saturated heterocycles. The predicted octanol–water partition coefficient (Wildman–Crippen LogP) is 2.84. The van der Waals surface area contributed by atoms with Gasteiger partial charge >= 0.3 is 0 Å². The number of likely N-dealkylation sites (N-methyl/N-ethyl adjacent to an activating group) is 1. The van der Waals surface area contributed by atoms with E-state index in [1.54, 1.807) is 11.3 Å². The van der Waals surface area contributed by atoms with Gasteiger partial charge in [0.05, 0.1) is 16.0 Å². The van der Waals surface area contributed by atoms with E-state index >= 15 is 0 Å². The van der Waals surface area contributed by atoms with Crippen LogP contribution in [0.15, 0.2) is 39.9 Å². The van der Waals surface area contributed by atoms with E-state index in [0.717, 1.165) is 11.8 Å². The number of carbonyl (C=O) groups is 1. The van der Waals surface area contributed by atoms with Crippen LogP contribution in [0.1, 0.15) is 22.0 Å². The van der Waals surface area contributed by atoms with Crippen molar-refractivity contribution in [3.63, 3.8) is 0 Å². The summed E-state index contributed by atoms with van der Waals surface area (Å²) < 4.78 is 23.4. The van der Waals surface area contributed by atoms with E-state index in [1.165, 1.54) is 18.2 Å². The van der Waals surface area contributed by atoms with Crippen LogP contribution in [0.3, 0.4) is 0 Å². The largest absolute Gasteiger partial charge is 0.350 e. The minimum atomic E-state index is -3.49. The summed E-state index contributed by atoms with van der Waals surface area (Å²) in [4.78, 5) is 14.3. The van der Waals surface area contributed by atoms with E-state index in [-0.39, 0.29) is 27.4 Å². The van der Waals surface area contributed by atoms with Gasteiger partial charge in [0.25, 0.3) is 5.91 Å². The van der Waals surface area contributed by atoms with E-state index in [4.69, 9.17) is 11.6 Å². The molecule has 24 heavy (non-hydrogen) atoms. The Balaban J connectivity index is 2.15. The molecule has 0 saturated carbocycles. The number of hydrogen-bond donors (Lipinski definition) is 1. The second-order valence-electron chi connectivity index (χ2n) is 5.66. The van der Waals surface area contributed by atoms with E-state index in [1.807, 2.05) is 35.8 Å². The van der Waals surface area contributed by atoms with Crippen LogP contribution >= 0.6 is 22.9 Å². The molecule has 130 valence electrons. The molecular weight excluding hydrogens is 368 g/mol. The third-order valence-electron chi connectivity index (χ3n) is 3.60. The maximum Gasteiger partial charge on any atom is 0.251 e. The summed E-state index contributed by atoms with van der Waals surface area (Å²) in [6.07, 6.45) is 1.06. The molecule has 1 heterocycles. The maximum absolute atomic E-state index is 12.4. The van der Waals surface area contributed by atoms with Crippen LogP contribution < -0.4 is 5.32 Å². The average Bonchev–Trinajstić information content (AvgIpc) is 3.00. The number of benzene rings is 1. The predicted molar refractivity (Wildman–Crippen MR) is 97.6 cm³/mol. The van der Waals surface area contributed by atoms with Gasteiger partial charge in [0.1, 0.15) is 0 Å². The number of rotatable bonds is 6. The topological polar surface area (TPSA) is 66.5 Å². The van der Waals surface area contributed by atoms with Gasteiger partial charge in [0.2, 0.25) is 0 Å². The number of hydrogen-bond acceptors (Lipinski definition) is 5. The van der Waals surface area contributed by atoms with Crippen LogP contribution in [-0.2, 0) is 9.84 Å². The first-order valence-electron chi connectivity index (χ1n) is 7.16. The molecule has 0 aliphatic rings. The van der Waals surface area contributed by atoms with Crippen molar-refractivity contribution in [3.8, 4) is 0 Å². The van der Waals surface area contributed by atoms with Gasteiger partial charge in [0.15, 0.2) is 9.84 Å². The number of nitrogens with zero attached hydrogens (tertiary/aromatic N) is 1. The molecule has 1 aromatic heterocycles. The van der Waals surface area contributed by atoms with Crippen molar-refractivity contribution in [2.45, 2.75) is 10.9 Å². The maximum atomic E-state index is 12.4. The second kappa shape index (κ2) is 7.65. The molecule has 1 N–H and O–H groups in total. The molecule has 0 aliphatic heterocycles. The highest BCUT2D eigenvalue weighted by molar-refractivity contribution is 7.90. The van der Waals surface area contributed by atoms with Crippen molar-refractivity contribution in [3.05, 3.63) is 51.2 Å². The van der Waals surface area contributed by atoms with Crippen LogP contribution in [0.4, 0.5) is 0 Å². The summed E-state index contributed by atoms with van der Waals surface area (Å²) >= 11 is 7.51. The van der Waals surface area contributed by atoms with Gasteiger partial charge in [-0.1, -0.05) is 11.6 Å². The second-order valence-corrected chi connectivity index (χ2v) is 8.83. The molecule has 1 atom stereocenters. The SMILES string of the molecule is CN(C)C(CNC(=O)c1ccc(Cl)c(S(C)(=O)=O)c1)c1ccsc1. The van der Waals surface area contributed by atoms with Crippen LogP contribution in [0.5, 0.6) is 0 Å². The molecule has 1 aromatic carbocycles. The monoisotopic (exact) mass is 386 g/mol. The van der Waals surface area contributed by atoms with Crippen molar-refractivity contribution >= 4 is 38.7 Å². The molecule has 2 aromatic rings. The fourth-order valence-corrected chi connectivity index (χ4v) is 4.29. The van der Waals surface area contributed by atoms with Crippen LogP contribution in [0.25, 0.3) is 0 Å². The van der Waals surface area contributed by atoms with Gasteiger partial charge in [-0.3, -0.25) is 4.79 Å². The smallest absolute Gasteiger partial charge is 0.251 e. The van der Waals surface area contributed by atoms with Gasteiger partial charge < -0.3 is 10.2 Å². The van der Waals surface area contributed by atoms with Crippen molar-refractivity contribution in [2.24, 2.45) is 0 Å². The molecule has 1 amide bonds. The molecule has 8 heteroatoms. The summed E-state index contributed by atoms with van der Waals surface area (Å²) in [6.45, 7) is 0.416. The van der Waals surface area contributed by atoms with Crippen molar-refractivity contribution in [1.29, 1.82) is 0 Å². The molecule has 0 aliphatic carbocycles. The fraction of sp³-hybridized carbons (Fsp3) is 0.312. The Bertz CT molecular complexity index is 818. The Morgan fingerprint density at radius 2 is 2.04 bits per heavy atom. The highest BCUT2D eigenvalue weighted by atomic mass is 35.5. The van der Waals surface area contributed by atoms with Crippen molar-refractivity contribution in [1.82, 2.24) is 10.2 Å². The van der Waals surface area contributed by atoms with Gasteiger partial charge in [-0.25, -0.2) is 8.42 Å². The van der Waals surface area contributed by atoms with E-state index in [9.17, 15) is 13.2 Å². The van der Waals surface area contributed by atoms with Gasteiger partial charge in [-0.15, -0.1) is 0 Å². The Labute approximate surface area is 151 Å². The summed E-state index contributed by atoms with van der Waals surface area (Å²) in [6, 6.07) is 6.31. The third-order valence-corrected chi connectivity index (χ3v) is 5.88. The quantitative estimate of drug-likeness (QED) is 0.828. The molecule has 0 spiro atoms. The number of amides is 1. The van der Waals surface area contributed by atoms with Gasteiger partial charge in [-0.2, -0.15) is 11.3 Å². The first kappa shape index (κ1) is 18.9. The molecule has 5 nitrogen and oxygen atoms in total. The van der Waals surface area contributed by atoms with Crippen LogP contribution in [0.2, 0.25) is 5.02 Å². The molecule has 1 unspecified atom stereocenters. The minimum absolute atomic E-state index is 0.0428. The van der Waals surface area contributed by atoms with E-state index in [0.29, 0.717) is 6.54 Å². The van der Waals surface area contributed by atoms with Gasteiger partial charge in [0, 0.05) is 18.4 Å². The Morgan fingerprint density at radius 1 is 1.33 bits per heavy atom. The lowest BCUT2D eigenvalue weighted by atomic mass is 10.1. The Hall–Kier alpha value is -1.41. The first-order valence-corrected chi connectivity index (χ1v) is 10.4. The molecule has 0 fully saturated rings. The first-order chi connectivity index (χ1) is 11.2. The van der Waals surface area contributed by atoms with Gasteiger partial charge in [-0.05, 0) is 54.7 Å². The lowest BCUT2D eigenvalue weighted by molar-refractivity contribution is 0.0942. The zero-order chi connectivity index (χ0) is 17.9. The molecular formula is C16H19ClN2O3S2. The summed E-state index contributed by atoms with van der Waals surface area (Å²) in [5.41, 5.74) is 1.39. The number of thiophene rings is 1. The summed E-state index contributed by atoms with van der Waals surface area (Å²) in [5.74, 6) is -0.335. The van der Waals surface area contributed by atoms with Crippen molar-refractivity contribution < 1.29 is 13.2 Å². The summed E-state index contributed by atoms with van der Waals surface area (Å²) in [7, 11) is 0.398. The summed E-state index contributed by atoms with van der Waals surface area (Å²) in [5, 5.41) is 7.00. The third kappa shape index (κ3) is 4.57. The number of nitrogens with one attached hydrogen (secondary N) is 1. The minimum Gasteiger partial charge on any atom is -0.350 e.